The van der Waals surface area contributed by atoms with Gasteiger partial charge in [0.15, 0.2) is 6.61 Å². The number of aryl methyl sites for hydroxylation is 2. The lowest BCUT2D eigenvalue weighted by Gasteiger charge is -2.28. The molecule has 1 N–H and O–H groups in total. The van der Waals surface area contributed by atoms with Gasteiger partial charge in [-0.25, -0.2) is 0 Å². The number of hydrogen-bond acceptors (Lipinski definition) is 4. The quantitative estimate of drug-likeness (QED) is 0.712. The van der Waals surface area contributed by atoms with Crippen LogP contribution in [-0.4, -0.2) is 43.5 Å². The molecule has 0 aliphatic carbocycles. The van der Waals surface area contributed by atoms with E-state index in [1.807, 2.05) is 38.1 Å². The number of carbonyl (C=O) groups excluding carboxylic acids is 2. The van der Waals surface area contributed by atoms with Crippen LogP contribution in [0, 0.1) is 13.8 Å². The zero-order valence-corrected chi connectivity index (χ0v) is 18.2. The van der Waals surface area contributed by atoms with E-state index in [1.165, 1.54) is 4.90 Å². The molecule has 156 valence electrons. The van der Waals surface area contributed by atoms with Crippen molar-refractivity contribution in [2.24, 2.45) is 0 Å². The van der Waals surface area contributed by atoms with Crippen LogP contribution in [0.2, 0.25) is 5.02 Å². The molecule has 0 aromatic heterocycles. The van der Waals surface area contributed by atoms with Gasteiger partial charge in [0.05, 0.1) is 7.11 Å². The Morgan fingerprint density at radius 1 is 1.14 bits per heavy atom. The summed E-state index contributed by atoms with van der Waals surface area (Å²) < 4.78 is 11.0. The second-order valence-electron chi connectivity index (χ2n) is 6.82. The number of ether oxygens (including phenoxy) is 2. The molecule has 0 aliphatic rings. The van der Waals surface area contributed by atoms with E-state index in [9.17, 15) is 9.59 Å². The molecular weight excluding hydrogens is 392 g/mol. The van der Waals surface area contributed by atoms with Gasteiger partial charge in [-0.2, -0.15) is 0 Å². The molecule has 0 saturated heterocycles. The van der Waals surface area contributed by atoms with Crippen molar-refractivity contribution in [2.75, 3.05) is 20.8 Å². The smallest absolute Gasteiger partial charge is 0.261 e. The third-order valence-corrected chi connectivity index (χ3v) is 5.27. The highest BCUT2D eigenvalue weighted by Crippen LogP contribution is 2.26. The minimum atomic E-state index is -0.656. The number of methoxy groups -OCH3 is 1. The van der Waals surface area contributed by atoms with E-state index >= 15 is 0 Å². The largest absolute Gasteiger partial charge is 0.497 e. The second kappa shape index (κ2) is 10.2. The highest BCUT2D eigenvalue weighted by atomic mass is 35.5. The van der Waals surface area contributed by atoms with Gasteiger partial charge in [-0.3, -0.25) is 9.59 Å². The van der Waals surface area contributed by atoms with Gasteiger partial charge in [0.1, 0.15) is 17.5 Å². The molecular formula is C22H27ClN2O4. The van der Waals surface area contributed by atoms with Crippen molar-refractivity contribution in [2.45, 2.75) is 33.4 Å². The van der Waals surface area contributed by atoms with Crippen molar-refractivity contribution in [3.05, 3.63) is 58.1 Å². The first-order valence-corrected chi connectivity index (χ1v) is 9.68. The van der Waals surface area contributed by atoms with Crippen LogP contribution in [0.1, 0.15) is 23.6 Å². The number of likely N-dealkylation sites (N-methyl/N-ethyl adjacent to an activating group) is 1. The second-order valence-corrected chi connectivity index (χ2v) is 7.20. The molecule has 0 bridgehead atoms. The molecule has 2 aromatic carbocycles. The standard InChI is InChI=1S/C22H27ClN2O4/c1-14-9-19(10-15(2)21(14)23)29-13-20(26)25(16(3)22(27)24-4)12-17-7-6-8-18(11-17)28-5/h6-11,16H,12-13H2,1-5H3,(H,24,27)/t16-/m1/s1. The number of benzene rings is 2. The van der Waals surface area contributed by atoms with Gasteiger partial charge in [-0.1, -0.05) is 23.7 Å². The molecule has 2 amide bonds. The number of halogens is 1. The lowest BCUT2D eigenvalue weighted by molar-refractivity contribution is -0.142. The molecule has 0 radical (unpaired) electrons. The summed E-state index contributed by atoms with van der Waals surface area (Å²) in [6, 6.07) is 10.3. The SMILES string of the molecule is CNC(=O)[C@@H](C)N(Cc1cccc(OC)c1)C(=O)COc1cc(C)c(Cl)c(C)c1. The number of nitrogens with one attached hydrogen (secondary N) is 1. The average Bonchev–Trinajstić information content (AvgIpc) is 2.72. The van der Waals surface area contributed by atoms with Gasteiger partial charge in [0, 0.05) is 18.6 Å². The Morgan fingerprint density at radius 3 is 2.38 bits per heavy atom. The summed E-state index contributed by atoms with van der Waals surface area (Å²) in [6.45, 7) is 5.52. The molecule has 0 heterocycles. The molecule has 29 heavy (non-hydrogen) atoms. The highest BCUT2D eigenvalue weighted by Gasteiger charge is 2.26. The summed E-state index contributed by atoms with van der Waals surface area (Å²) in [5, 5.41) is 3.27. The molecule has 0 saturated carbocycles. The van der Waals surface area contributed by atoms with E-state index in [0.29, 0.717) is 16.5 Å². The van der Waals surface area contributed by atoms with Gasteiger partial charge in [0.2, 0.25) is 5.91 Å². The molecule has 7 heteroatoms. The molecule has 0 aliphatic heterocycles. The number of amides is 2. The van der Waals surface area contributed by atoms with Gasteiger partial charge in [-0.05, 0) is 61.7 Å². The predicted molar refractivity (Wildman–Crippen MR) is 113 cm³/mol. The first-order chi connectivity index (χ1) is 13.8. The summed E-state index contributed by atoms with van der Waals surface area (Å²) in [7, 11) is 3.13. The van der Waals surface area contributed by atoms with Crippen molar-refractivity contribution in [3.8, 4) is 11.5 Å². The Hall–Kier alpha value is -2.73. The maximum absolute atomic E-state index is 12.9. The van der Waals surface area contributed by atoms with E-state index in [1.54, 1.807) is 33.2 Å². The van der Waals surface area contributed by atoms with Crippen molar-refractivity contribution in [1.29, 1.82) is 0 Å². The molecule has 1 atom stereocenters. The van der Waals surface area contributed by atoms with Crippen molar-refractivity contribution in [3.63, 3.8) is 0 Å². The Balaban J connectivity index is 2.18. The maximum atomic E-state index is 12.9. The topological polar surface area (TPSA) is 67.9 Å². The normalized spacial score (nSPS) is 11.5. The van der Waals surface area contributed by atoms with Crippen LogP contribution in [-0.2, 0) is 16.1 Å². The minimum Gasteiger partial charge on any atom is -0.497 e. The van der Waals surface area contributed by atoms with Crippen molar-refractivity contribution < 1.29 is 19.1 Å². The number of hydrogen-bond donors (Lipinski definition) is 1. The Bertz CT molecular complexity index is 862. The van der Waals surface area contributed by atoms with Crippen molar-refractivity contribution in [1.82, 2.24) is 10.2 Å². The van der Waals surface area contributed by atoms with Crippen LogP contribution in [0.25, 0.3) is 0 Å². The van der Waals surface area contributed by atoms with Gasteiger partial charge in [0.25, 0.3) is 5.91 Å². The highest BCUT2D eigenvalue weighted by molar-refractivity contribution is 6.32. The third-order valence-electron chi connectivity index (χ3n) is 4.67. The van der Waals surface area contributed by atoms with Crippen LogP contribution >= 0.6 is 11.6 Å². The summed E-state index contributed by atoms with van der Waals surface area (Å²) in [6.07, 6.45) is 0. The monoisotopic (exact) mass is 418 g/mol. The maximum Gasteiger partial charge on any atom is 0.261 e. The summed E-state index contributed by atoms with van der Waals surface area (Å²) in [5.74, 6) is 0.700. The Kier molecular flexibility index (Phi) is 7.91. The molecule has 2 rings (SSSR count). The fourth-order valence-electron chi connectivity index (χ4n) is 2.98. The first kappa shape index (κ1) is 22.6. The zero-order valence-electron chi connectivity index (χ0n) is 17.4. The Labute approximate surface area is 176 Å². The van der Waals surface area contributed by atoms with E-state index in [0.717, 1.165) is 16.7 Å². The summed E-state index contributed by atoms with van der Waals surface area (Å²) >= 11 is 6.18. The minimum absolute atomic E-state index is 0.189. The predicted octanol–water partition coefficient (Wildman–Crippen LogP) is 3.51. The van der Waals surface area contributed by atoms with E-state index in [4.69, 9.17) is 21.1 Å². The first-order valence-electron chi connectivity index (χ1n) is 9.30. The average molecular weight is 419 g/mol. The van der Waals surface area contributed by atoms with Gasteiger partial charge < -0.3 is 19.7 Å². The van der Waals surface area contributed by atoms with Crippen LogP contribution in [0.15, 0.2) is 36.4 Å². The fourth-order valence-corrected chi connectivity index (χ4v) is 3.09. The third kappa shape index (κ3) is 5.87. The molecule has 0 spiro atoms. The number of nitrogens with zero attached hydrogens (tertiary/aromatic N) is 1. The molecule has 6 nitrogen and oxygen atoms in total. The summed E-state index contributed by atoms with van der Waals surface area (Å²) in [5.41, 5.74) is 2.61. The zero-order chi connectivity index (χ0) is 21.6. The molecule has 0 fully saturated rings. The van der Waals surface area contributed by atoms with Gasteiger partial charge >= 0.3 is 0 Å². The number of carbonyl (C=O) groups is 2. The fraction of sp³-hybridized carbons (Fsp3) is 0.364. The van der Waals surface area contributed by atoms with E-state index in [2.05, 4.69) is 5.32 Å². The van der Waals surface area contributed by atoms with Crippen LogP contribution in [0.4, 0.5) is 0 Å². The lowest BCUT2D eigenvalue weighted by atomic mass is 10.1. The van der Waals surface area contributed by atoms with Crippen molar-refractivity contribution >= 4 is 23.4 Å². The van der Waals surface area contributed by atoms with Crippen LogP contribution < -0.4 is 14.8 Å². The Morgan fingerprint density at radius 2 is 1.79 bits per heavy atom. The summed E-state index contributed by atoms with van der Waals surface area (Å²) in [4.78, 5) is 26.6. The van der Waals surface area contributed by atoms with Gasteiger partial charge in [-0.15, -0.1) is 0 Å². The molecule has 2 aromatic rings. The number of rotatable bonds is 8. The van der Waals surface area contributed by atoms with E-state index < -0.39 is 6.04 Å². The van der Waals surface area contributed by atoms with Crippen LogP contribution in [0.5, 0.6) is 11.5 Å². The molecule has 0 unspecified atom stereocenters. The van der Waals surface area contributed by atoms with E-state index in [-0.39, 0.29) is 25.0 Å². The van der Waals surface area contributed by atoms with Crippen LogP contribution in [0.3, 0.4) is 0 Å². The lowest BCUT2D eigenvalue weighted by Crippen LogP contribution is -2.48.